The van der Waals surface area contributed by atoms with Crippen LogP contribution in [0.25, 0.3) is 0 Å². The Morgan fingerprint density at radius 2 is 1.69 bits per heavy atom. The largest absolute Gasteiger partial charge is 0.275 e. The van der Waals surface area contributed by atoms with Crippen LogP contribution in [-0.4, -0.2) is 23.3 Å². The lowest BCUT2D eigenvalue weighted by atomic mass is 10.2. The first kappa shape index (κ1) is 9.96. The van der Waals surface area contributed by atoms with Gasteiger partial charge < -0.3 is 0 Å². The van der Waals surface area contributed by atoms with Crippen LogP contribution in [0.3, 0.4) is 0 Å². The molecule has 1 aliphatic rings. The molecule has 3 nitrogen and oxygen atoms in total. The van der Waals surface area contributed by atoms with Crippen LogP contribution in [0.4, 0.5) is 0 Å². The summed E-state index contributed by atoms with van der Waals surface area (Å²) < 4.78 is 0. The highest BCUT2D eigenvalue weighted by Gasteiger charge is 2.21. The maximum atomic E-state index is 11.1. The molecule has 0 fully saturated rings. The second-order valence-electron chi connectivity index (χ2n) is 3.08. The van der Waals surface area contributed by atoms with Gasteiger partial charge in [0.05, 0.1) is 0 Å². The lowest BCUT2D eigenvalue weighted by molar-refractivity contribution is -0.136. The normalized spacial score (nSPS) is 15.9. The molecule has 1 radical (unpaired) electrons. The highest BCUT2D eigenvalue weighted by molar-refractivity contribution is 6.12. The standard InChI is InChI=1S/C10H14NO2/c1-2-3-4-5-8-11-9(12)6-7-10(11)13/h6-7H,1-5,8H2. The number of carbonyl (C=O) groups excluding carboxylic acids is 2. The zero-order valence-electron chi connectivity index (χ0n) is 7.66. The van der Waals surface area contributed by atoms with Crippen molar-refractivity contribution in [3.05, 3.63) is 19.1 Å². The fourth-order valence-corrected chi connectivity index (χ4v) is 1.27. The van der Waals surface area contributed by atoms with Crippen molar-refractivity contribution in [2.24, 2.45) is 0 Å². The Hall–Kier alpha value is -1.12. The quantitative estimate of drug-likeness (QED) is 0.472. The van der Waals surface area contributed by atoms with Gasteiger partial charge in [0, 0.05) is 18.7 Å². The van der Waals surface area contributed by atoms with Gasteiger partial charge in [0.15, 0.2) is 0 Å². The fraction of sp³-hybridized carbons (Fsp3) is 0.500. The number of rotatable bonds is 5. The highest BCUT2D eigenvalue weighted by atomic mass is 16.2. The molecular formula is C10H14NO2. The predicted molar refractivity (Wildman–Crippen MR) is 49.7 cm³/mol. The molecule has 2 amide bonds. The maximum Gasteiger partial charge on any atom is 0.253 e. The van der Waals surface area contributed by atoms with Gasteiger partial charge in [-0.15, -0.1) is 0 Å². The summed E-state index contributed by atoms with van der Waals surface area (Å²) in [6.45, 7) is 4.27. The Balaban J connectivity index is 2.22. The molecule has 1 rings (SSSR count). The summed E-state index contributed by atoms with van der Waals surface area (Å²) in [6, 6.07) is 0. The SMILES string of the molecule is [CH2]CCCCCN1C(=O)C=CC1=O. The number of unbranched alkanes of at least 4 members (excludes halogenated alkanes) is 3. The zero-order chi connectivity index (χ0) is 9.68. The van der Waals surface area contributed by atoms with Gasteiger partial charge in [0.1, 0.15) is 0 Å². The van der Waals surface area contributed by atoms with Crippen molar-refractivity contribution in [1.29, 1.82) is 0 Å². The minimum Gasteiger partial charge on any atom is -0.275 e. The number of hydrogen-bond donors (Lipinski definition) is 0. The van der Waals surface area contributed by atoms with Gasteiger partial charge in [-0.3, -0.25) is 14.5 Å². The van der Waals surface area contributed by atoms with Crippen molar-refractivity contribution in [2.75, 3.05) is 6.54 Å². The Morgan fingerprint density at radius 1 is 1.08 bits per heavy atom. The number of carbonyl (C=O) groups is 2. The molecule has 0 aliphatic carbocycles. The monoisotopic (exact) mass is 180 g/mol. The average molecular weight is 180 g/mol. The Kier molecular flexibility index (Phi) is 3.68. The van der Waals surface area contributed by atoms with Crippen LogP contribution in [0.15, 0.2) is 12.2 Å². The van der Waals surface area contributed by atoms with E-state index in [9.17, 15) is 9.59 Å². The van der Waals surface area contributed by atoms with Crippen LogP contribution in [0.2, 0.25) is 0 Å². The van der Waals surface area contributed by atoms with E-state index in [-0.39, 0.29) is 11.8 Å². The predicted octanol–water partition coefficient (Wildman–Crippen LogP) is 1.31. The molecule has 0 bridgehead atoms. The lowest BCUT2D eigenvalue weighted by Crippen LogP contribution is -2.30. The van der Waals surface area contributed by atoms with E-state index in [2.05, 4.69) is 6.92 Å². The van der Waals surface area contributed by atoms with Crippen molar-refractivity contribution in [3.63, 3.8) is 0 Å². The van der Waals surface area contributed by atoms with Crippen molar-refractivity contribution in [1.82, 2.24) is 4.90 Å². The Morgan fingerprint density at radius 3 is 2.23 bits per heavy atom. The molecule has 0 aromatic rings. The second kappa shape index (κ2) is 4.80. The molecule has 1 heterocycles. The summed E-state index contributed by atoms with van der Waals surface area (Å²) in [6.07, 6.45) is 6.53. The van der Waals surface area contributed by atoms with E-state index < -0.39 is 0 Å². The molecular weight excluding hydrogens is 166 g/mol. The highest BCUT2D eigenvalue weighted by Crippen LogP contribution is 2.06. The number of hydrogen-bond acceptors (Lipinski definition) is 2. The van der Waals surface area contributed by atoms with Gasteiger partial charge in [-0.25, -0.2) is 0 Å². The van der Waals surface area contributed by atoms with Crippen molar-refractivity contribution in [2.45, 2.75) is 25.7 Å². The molecule has 0 spiro atoms. The summed E-state index contributed by atoms with van der Waals surface area (Å²) >= 11 is 0. The molecule has 0 aromatic carbocycles. The number of nitrogens with zero attached hydrogens (tertiary/aromatic N) is 1. The third kappa shape index (κ3) is 2.68. The van der Waals surface area contributed by atoms with Crippen LogP contribution in [-0.2, 0) is 9.59 Å². The van der Waals surface area contributed by atoms with E-state index >= 15 is 0 Å². The molecule has 13 heavy (non-hydrogen) atoms. The van der Waals surface area contributed by atoms with Gasteiger partial charge in [0.2, 0.25) is 0 Å². The molecule has 3 heteroatoms. The molecule has 0 saturated heterocycles. The van der Waals surface area contributed by atoms with E-state index in [1.54, 1.807) is 0 Å². The molecule has 0 N–H and O–H groups in total. The molecule has 1 aliphatic heterocycles. The minimum atomic E-state index is -0.181. The number of imide groups is 1. The molecule has 0 atom stereocenters. The topological polar surface area (TPSA) is 37.4 Å². The number of amides is 2. The first-order chi connectivity index (χ1) is 6.25. The van der Waals surface area contributed by atoms with Crippen molar-refractivity contribution in [3.8, 4) is 0 Å². The minimum absolute atomic E-state index is 0.181. The van der Waals surface area contributed by atoms with Crippen LogP contribution < -0.4 is 0 Å². The van der Waals surface area contributed by atoms with Crippen molar-refractivity contribution >= 4 is 11.8 Å². The van der Waals surface area contributed by atoms with Gasteiger partial charge in [-0.2, -0.15) is 0 Å². The third-order valence-corrected chi connectivity index (χ3v) is 2.03. The maximum absolute atomic E-state index is 11.1. The third-order valence-electron chi connectivity index (χ3n) is 2.03. The molecule has 0 aromatic heterocycles. The van der Waals surface area contributed by atoms with Gasteiger partial charge in [-0.05, 0) is 6.42 Å². The molecule has 0 saturated carbocycles. The van der Waals surface area contributed by atoms with Crippen molar-refractivity contribution < 1.29 is 9.59 Å². The fourth-order valence-electron chi connectivity index (χ4n) is 1.27. The summed E-state index contributed by atoms with van der Waals surface area (Å²) in [7, 11) is 0. The van der Waals surface area contributed by atoms with Gasteiger partial charge >= 0.3 is 0 Å². The average Bonchev–Trinajstić information content (AvgIpc) is 2.42. The Bertz CT molecular complexity index is 215. The van der Waals surface area contributed by atoms with Gasteiger partial charge in [0.25, 0.3) is 11.8 Å². The first-order valence-electron chi connectivity index (χ1n) is 4.58. The van der Waals surface area contributed by atoms with E-state index in [4.69, 9.17) is 0 Å². The molecule has 71 valence electrons. The lowest BCUT2D eigenvalue weighted by Gasteiger charge is -2.12. The summed E-state index contributed by atoms with van der Waals surface area (Å²) in [4.78, 5) is 23.4. The van der Waals surface area contributed by atoms with Crippen LogP contribution >= 0.6 is 0 Å². The van der Waals surface area contributed by atoms with E-state index in [0.717, 1.165) is 25.7 Å². The summed E-state index contributed by atoms with van der Waals surface area (Å²) in [5, 5.41) is 0. The zero-order valence-corrected chi connectivity index (χ0v) is 7.66. The van der Waals surface area contributed by atoms with Crippen LogP contribution in [0.1, 0.15) is 25.7 Å². The Labute approximate surface area is 78.4 Å². The second-order valence-corrected chi connectivity index (χ2v) is 3.08. The first-order valence-corrected chi connectivity index (χ1v) is 4.58. The van der Waals surface area contributed by atoms with Gasteiger partial charge in [-0.1, -0.05) is 26.2 Å². The smallest absolute Gasteiger partial charge is 0.253 e. The van der Waals surface area contributed by atoms with E-state index in [1.807, 2.05) is 0 Å². The van der Waals surface area contributed by atoms with Crippen LogP contribution in [0, 0.1) is 6.92 Å². The van der Waals surface area contributed by atoms with E-state index in [1.165, 1.54) is 17.1 Å². The molecule has 0 unspecified atom stereocenters. The summed E-state index contributed by atoms with van der Waals surface area (Å²) in [5.74, 6) is -0.362. The van der Waals surface area contributed by atoms with Crippen LogP contribution in [0.5, 0.6) is 0 Å². The van der Waals surface area contributed by atoms with E-state index in [0.29, 0.717) is 6.54 Å². The summed E-state index contributed by atoms with van der Waals surface area (Å²) in [5.41, 5.74) is 0.